The van der Waals surface area contributed by atoms with Crippen LogP contribution in [0.15, 0.2) is 42.5 Å². The largest absolute Gasteiger partial charge is 0.497 e. The molecule has 112 valence electrons. The number of ether oxygens (including phenoxy) is 1. The molecule has 0 spiro atoms. The molecule has 0 N–H and O–H groups in total. The minimum absolute atomic E-state index is 0.763. The van der Waals surface area contributed by atoms with Gasteiger partial charge in [0, 0.05) is 13.1 Å². The van der Waals surface area contributed by atoms with Crippen molar-refractivity contribution in [2.24, 2.45) is 0 Å². The first-order valence-electron chi connectivity index (χ1n) is 7.75. The molecular weight excluding hydrogens is 272 g/mol. The second-order valence-corrected chi connectivity index (χ2v) is 5.62. The normalized spacial score (nSPS) is 14.5. The third-order valence-corrected chi connectivity index (χ3v) is 4.24. The Labute approximate surface area is 131 Å². The first-order chi connectivity index (χ1) is 10.8. The van der Waals surface area contributed by atoms with Crippen molar-refractivity contribution in [2.75, 3.05) is 25.1 Å². The number of piperidine rings is 1. The Morgan fingerprint density at radius 2 is 1.64 bits per heavy atom. The minimum Gasteiger partial charge on any atom is -0.497 e. The maximum Gasteiger partial charge on any atom is 0.118 e. The summed E-state index contributed by atoms with van der Waals surface area (Å²) in [5.74, 6) is 0.855. The Balaban J connectivity index is 1.96. The van der Waals surface area contributed by atoms with Crippen LogP contribution in [0.4, 0.5) is 5.69 Å². The summed E-state index contributed by atoms with van der Waals surface area (Å²) in [7, 11) is 1.67. The summed E-state index contributed by atoms with van der Waals surface area (Å²) in [6.07, 6.45) is 3.70. The van der Waals surface area contributed by atoms with Gasteiger partial charge in [-0.3, -0.25) is 0 Å². The SMILES string of the molecule is COc1ccc(-c2ccc(C#N)c(N3CCCCC3)c2)cc1. The van der Waals surface area contributed by atoms with Gasteiger partial charge in [-0.2, -0.15) is 5.26 Å². The zero-order valence-electron chi connectivity index (χ0n) is 12.9. The second-order valence-electron chi connectivity index (χ2n) is 5.62. The molecule has 0 aliphatic carbocycles. The van der Waals surface area contributed by atoms with E-state index in [9.17, 15) is 5.26 Å². The van der Waals surface area contributed by atoms with Crippen molar-refractivity contribution in [1.29, 1.82) is 5.26 Å². The molecule has 1 saturated heterocycles. The summed E-state index contributed by atoms with van der Waals surface area (Å²) < 4.78 is 5.21. The molecule has 0 unspecified atom stereocenters. The average molecular weight is 292 g/mol. The Morgan fingerprint density at radius 3 is 2.27 bits per heavy atom. The number of hydrogen-bond donors (Lipinski definition) is 0. The Kier molecular flexibility index (Phi) is 4.29. The molecule has 3 rings (SSSR count). The molecule has 2 aromatic rings. The highest BCUT2D eigenvalue weighted by Gasteiger charge is 2.15. The van der Waals surface area contributed by atoms with Gasteiger partial charge >= 0.3 is 0 Å². The summed E-state index contributed by atoms with van der Waals surface area (Å²) in [6.45, 7) is 2.08. The zero-order chi connectivity index (χ0) is 15.4. The van der Waals surface area contributed by atoms with Gasteiger partial charge in [0.05, 0.1) is 18.4 Å². The van der Waals surface area contributed by atoms with Crippen LogP contribution < -0.4 is 9.64 Å². The van der Waals surface area contributed by atoms with Gasteiger partial charge in [0.15, 0.2) is 0 Å². The van der Waals surface area contributed by atoms with Crippen LogP contribution in [0, 0.1) is 11.3 Å². The number of benzene rings is 2. The summed E-state index contributed by atoms with van der Waals surface area (Å²) in [5, 5.41) is 9.39. The molecule has 0 amide bonds. The van der Waals surface area contributed by atoms with Crippen LogP contribution in [-0.2, 0) is 0 Å². The molecule has 1 aliphatic heterocycles. The van der Waals surface area contributed by atoms with Gasteiger partial charge in [0.2, 0.25) is 0 Å². The second kappa shape index (κ2) is 6.53. The topological polar surface area (TPSA) is 36.3 Å². The molecule has 0 atom stereocenters. The fraction of sp³-hybridized carbons (Fsp3) is 0.316. The number of methoxy groups -OCH3 is 1. The van der Waals surface area contributed by atoms with E-state index in [0.717, 1.165) is 41.2 Å². The number of hydrogen-bond acceptors (Lipinski definition) is 3. The first-order valence-corrected chi connectivity index (χ1v) is 7.75. The lowest BCUT2D eigenvalue weighted by atomic mass is 10.0. The smallest absolute Gasteiger partial charge is 0.118 e. The molecule has 1 heterocycles. The summed E-state index contributed by atoms with van der Waals surface area (Å²) in [6, 6.07) is 16.5. The van der Waals surface area contributed by atoms with Crippen LogP contribution in [-0.4, -0.2) is 20.2 Å². The highest BCUT2D eigenvalue weighted by Crippen LogP contribution is 2.30. The molecule has 22 heavy (non-hydrogen) atoms. The van der Waals surface area contributed by atoms with Crippen LogP contribution >= 0.6 is 0 Å². The molecule has 0 radical (unpaired) electrons. The molecule has 1 aliphatic rings. The highest BCUT2D eigenvalue weighted by atomic mass is 16.5. The first kappa shape index (κ1) is 14.5. The summed E-state index contributed by atoms with van der Waals surface area (Å²) in [5.41, 5.74) is 4.11. The van der Waals surface area contributed by atoms with E-state index >= 15 is 0 Å². The summed E-state index contributed by atoms with van der Waals surface area (Å²) in [4.78, 5) is 2.34. The lowest BCUT2D eigenvalue weighted by molar-refractivity contribution is 0.415. The van der Waals surface area contributed by atoms with E-state index in [-0.39, 0.29) is 0 Å². The number of anilines is 1. The van der Waals surface area contributed by atoms with Gasteiger partial charge in [-0.1, -0.05) is 18.2 Å². The van der Waals surface area contributed by atoms with Crippen molar-refractivity contribution in [3.8, 4) is 22.9 Å². The standard InChI is InChI=1S/C19H20N2O/c1-22-18-9-7-15(8-10-18)16-5-6-17(14-20)19(13-16)21-11-3-2-4-12-21/h5-10,13H,2-4,11-12H2,1H3. The number of rotatable bonds is 3. The van der Waals surface area contributed by atoms with Crippen molar-refractivity contribution in [3.63, 3.8) is 0 Å². The fourth-order valence-electron chi connectivity index (χ4n) is 2.99. The van der Waals surface area contributed by atoms with E-state index in [4.69, 9.17) is 4.74 Å². The van der Waals surface area contributed by atoms with E-state index in [1.807, 2.05) is 24.3 Å². The van der Waals surface area contributed by atoms with E-state index in [0.29, 0.717) is 0 Å². The number of nitriles is 1. The zero-order valence-corrected chi connectivity index (χ0v) is 12.9. The molecule has 3 heteroatoms. The van der Waals surface area contributed by atoms with Crippen molar-refractivity contribution < 1.29 is 4.74 Å². The lowest BCUT2D eigenvalue weighted by Crippen LogP contribution is -2.30. The quantitative estimate of drug-likeness (QED) is 0.849. The Hall–Kier alpha value is -2.47. The van der Waals surface area contributed by atoms with Crippen LogP contribution in [0.1, 0.15) is 24.8 Å². The van der Waals surface area contributed by atoms with Gasteiger partial charge in [-0.15, -0.1) is 0 Å². The molecule has 0 bridgehead atoms. The van der Waals surface area contributed by atoms with Crippen LogP contribution in [0.25, 0.3) is 11.1 Å². The fourth-order valence-corrected chi connectivity index (χ4v) is 2.99. The van der Waals surface area contributed by atoms with Gasteiger partial charge in [0.25, 0.3) is 0 Å². The molecule has 1 fully saturated rings. The van der Waals surface area contributed by atoms with Crippen LogP contribution in [0.5, 0.6) is 5.75 Å². The van der Waals surface area contributed by atoms with E-state index < -0.39 is 0 Å². The third kappa shape index (κ3) is 2.92. The van der Waals surface area contributed by atoms with Crippen molar-refractivity contribution in [3.05, 3.63) is 48.0 Å². The van der Waals surface area contributed by atoms with E-state index in [1.165, 1.54) is 19.3 Å². The van der Waals surface area contributed by atoms with Crippen molar-refractivity contribution >= 4 is 5.69 Å². The Morgan fingerprint density at radius 1 is 0.955 bits per heavy atom. The molecule has 3 nitrogen and oxygen atoms in total. The number of nitrogens with zero attached hydrogens (tertiary/aromatic N) is 2. The predicted molar refractivity (Wildman–Crippen MR) is 89.2 cm³/mol. The highest BCUT2D eigenvalue weighted by molar-refractivity contribution is 5.73. The third-order valence-electron chi connectivity index (χ3n) is 4.24. The monoisotopic (exact) mass is 292 g/mol. The Bertz CT molecular complexity index is 680. The molecule has 0 saturated carbocycles. The minimum atomic E-state index is 0.763. The van der Waals surface area contributed by atoms with Gasteiger partial charge in [0.1, 0.15) is 11.8 Å². The molecule has 2 aromatic carbocycles. The molecule has 0 aromatic heterocycles. The molecular formula is C19H20N2O. The van der Waals surface area contributed by atoms with Crippen molar-refractivity contribution in [2.45, 2.75) is 19.3 Å². The van der Waals surface area contributed by atoms with Crippen LogP contribution in [0.2, 0.25) is 0 Å². The van der Waals surface area contributed by atoms with Gasteiger partial charge in [-0.05, 0) is 54.7 Å². The maximum atomic E-state index is 9.39. The predicted octanol–water partition coefficient (Wildman–Crippen LogP) is 4.22. The van der Waals surface area contributed by atoms with Crippen molar-refractivity contribution in [1.82, 2.24) is 0 Å². The van der Waals surface area contributed by atoms with Gasteiger partial charge < -0.3 is 9.64 Å². The lowest BCUT2D eigenvalue weighted by Gasteiger charge is -2.30. The summed E-state index contributed by atoms with van der Waals surface area (Å²) >= 11 is 0. The van der Waals surface area contributed by atoms with E-state index in [1.54, 1.807) is 7.11 Å². The van der Waals surface area contributed by atoms with Gasteiger partial charge in [-0.25, -0.2) is 0 Å². The average Bonchev–Trinajstić information content (AvgIpc) is 2.62. The van der Waals surface area contributed by atoms with E-state index in [2.05, 4.69) is 29.2 Å². The van der Waals surface area contributed by atoms with Crippen LogP contribution in [0.3, 0.4) is 0 Å². The maximum absolute atomic E-state index is 9.39.